The molecular formula is C6H14N2O. The molecule has 0 amide bonds. The molecule has 3 nitrogen and oxygen atoms in total. The molecule has 0 unspecified atom stereocenters. The maximum atomic E-state index is 8.59. The molecule has 0 saturated carbocycles. The molecule has 0 aromatic rings. The van der Waals surface area contributed by atoms with Gasteiger partial charge in [-0.05, 0) is 20.8 Å². The summed E-state index contributed by atoms with van der Waals surface area (Å²) >= 11 is 0. The monoisotopic (exact) mass is 130 g/mol. The lowest BCUT2D eigenvalue weighted by molar-refractivity contribution is 0.116. The third-order valence-electron chi connectivity index (χ3n) is 0.870. The molecule has 0 aliphatic carbocycles. The second-order valence-electron chi connectivity index (χ2n) is 2.01. The first-order valence-corrected chi connectivity index (χ1v) is 3.08. The number of nitrogens with zero attached hydrogens (tertiary/aromatic N) is 2. The van der Waals surface area contributed by atoms with E-state index in [-0.39, 0.29) is 6.73 Å². The lowest BCUT2D eigenvalue weighted by Crippen LogP contribution is -2.18. The molecule has 0 radical (unpaired) electrons. The average molecular weight is 130 g/mol. The first-order chi connectivity index (χ1) is 4.20. The van der Waals surface area contributed by atoms with Crippen LogP contribution in [0.1, 0.15) is 20.8 Å². The van der Waals surface area contributed by atoms with Crippen molar-refractivity contribution in [3.8, 4) is 0 Å². The van der Waals surface area contributed by atoms with Crippen LogP contribution in [0, 0.1) is 0 Å². The minimum atomic E-state index is 0.00167. The topological polar surface area (TPSA) is 35.8 Å². The summed E-state index contributed by atoms with van der Waals surface area (Å²) in [6.07, 6.45) is 0. The zero-order valence-electron chi connectivity index (χ0n) is 6.26. The number of rotatable bonds is 3. The first-order valence-electron chi connectivity index (χ1n) is 3.08. The molecule has 0 heterocycles. The lowest BCUT2D eigenvalue weighted by Gasteiger charge is -2.12. The highest BCUT2D eigenvalue weighted by atomic mass is 16.3. The number of hydrogen-bond donors (Lipinski definition) is 1. The molecule has 0 fully saturated rings. The molecule has 0 saturated heterocycles. The van der Waals surface area contributed by atoms with E-state index in [0.29, 0.717) is 0 Å². The second kappa shape index (κ2) is 4.32. The molecule has 3 heteroatoms. The van der Waals surface area contributed by atoms with E-state index in [9.17, 15) is 0 Å². The third-order valence-corrected chi connectivity index (χ3v) is 0.870. The minimum absolute atomic E-state index is 0.00167. The van der Waals surface area contributed by atoms with Gasteiger partial charge >= 0.3 is 0 Å². The van der Waals surface area contributed by atoms with Gasteiger partial charge in [0.05, 0.1) is 0 Å². The van der Waals surface area contributed by atoms with E-state index in [0.717, 1.165) is 12.3 Å². The number of aliphatic hydroxyl groups is 1. The van der Waals surface area contributed by atoms with E-state index < -0.39 is 0 Å². The van der Waals surface area contributed by atoms with E-state index in [2.05, 4.69) is 5.10 Å². The Hall–Kier alpha value is -0.570. The molecule has 0 aliphatic rings. The Bertz CT molecular complexity index is 93.2. The van der Waals surface area contributed by atoms with Crippen LogP contribution in [-0.2, 0) is 0 Å². The smallest absolute Gasteiger partial charge is 0.131 e. The first kappa shape index (κ1) is 8.43. The molecule has 0 aliphatic heterocycles. The molecule has 54 valence electrons. The van der Waals surface area contributed by atoms with Crippen LogP contribution in [0.5, 0.6) is 0 Å². The Morgan fingerprint density at radius 1 is 1.56 bits per heavy atom. The van der Waals surface area contributed by atoms with Gasteiger partial charge in [0.15, 0.2) is 0 Å². The molecule has 0 aromatic carbocycles. The van der Waals surface area contributed by atoms with Crippen molar-refractivity contribution in [1.29, 1.82) is 0 Å². The van der Waals surface area contributed by atoms with E-state index in [1.54, 1.807) is 5.01 Å². The van der Waals surface area contributed by atoms with E-state index >= 15 is 0 Å². The van der Waals surface area contributed by atoms with Crippen molar-refractivity contribution in [3.05, 3.63) is 0 Å². The average Bonchev–Trinajstić information content (AvgIpc) is 1.82. The van der Waals surface area contributed by atoms with E-state index in [1.807, 2.05) is 20.8 Å². The summed E-state index contributed by atoms with van der Waals surface area (Å²) in [5, 5.41) is 14.2. The normalized spacial score (nSPS) is 8.89. The summed E-state index contributed by atoms with van der Waals surface area (Å²) < 4.78 is 0. The van der Waals surface area contributed by atoms with Gasteiger partial charge in [0, 0.05) is 12.3 Å². The standard InChI is InChI=1S/C6H14N2O/c1-4-8(5-9)7-6(2)3/h9H,4-5H2,1-3H3. The van der Waals surface area contributed by atoms with Gasteiger partial charge < -0.3 is 5.11 Å². The highest BCUT2D eigenvalue weighted by molar-refractivity contribution is 5.78. The maximum Gasteiger partial charge on any atom is 0.131 e. The highest BCUT2D eigenvalue weighted by Crippen LogP contribution is 1.86. The lowest BCUT2D eigenvalue weighted by atomic mass is 10.5. The molecular weight excluding hydrogens is 116 g/mol. The van der Waals surface area contributed by atoms with Crippen LogP contribution in [0.15, 0.2) is 5.10 Å². The summed E-state index contributed by atoms with van der Waals surface area (Å²) in [6.45, 7) is 6.50. The van der Waals surface area contributed by atoms with Crippen molar-refractivity contribution in [2.75, 3.05) is 13.3 Å². The largest absolute Gasteiger partial charge is 0.375 e. The molecule has 0 bridgehead atoms. The van der Waals surface area contributed by atoms with Gasteiger partial charge in [0.1, 0.15) is 6.73 Å². The molecule has 9 heavy (non-hydrogen) atoms. The van der Waals surface area contributed by atoms with Crippen LogP contribution in [0.3, 0.4) is 0 Å². The van der Waals surface area contributed by atoms with Crippen molar-refractivity contribution in [2.24, 2.45) is 5.10 Å². The molecule has 1 N–H and O–H groups in total. The van der Waals surface area contributed by atoms with E-state index in [1.165, 1.54) is 0 Å². The Morgan fingerprint density at radius 2 is 2.11 bits per heavy atom. The van der Waals surface area contributed by atoms with Gasteiger partial charge in [0.2, 0.25) is 0 Å². The van der Waals surface area contributed by atoms with Crippen LogP contribution >= 0.6 is 0 Å². The predicted molar refractivity (Wildman–Crippen MR) is 38.2 cm³/mol. The number of aliphatic hydroxyl groups excluding tert-OH is 1. The second-order valence-corrected chi connectivity index (χ2v) is 2.01. The van der Waals surface area contributed by atoms with Gasteiger partial charge in [-0.1, -0.05) is 0 Å². The summed E-state index contributed by atoms with van der Waals surface area (Å²) in [5.74, 6) is 0. The summed E-state index contributed by atoms with van der Waals surface area (Å²) in [4.78, 5) is 0. The Labute approximate surface area is 56.0 Å². The summed E-state index contributed by atoms with van der Waals surface area (Å²) in [6, 6.07) is 0. The van der Waals surface area contributed by atoms with Crippen LogP contribution in [0.2, 0.25) is 0 Å². The number of hydrogen-bond acceptors (Lipinski definition) is 3. The van der Waals surface area contributed by atoms with E-state index in [4.69, 9.17) is 5.11 Å². The van der Waals surface area contributed by atoms with Gasteiger partial charge in [-0.3, -0.25) is 5.01 Å². The Morgan fingerprint density at radius 3 is 2.22 bits per heavy atom. The van der Waals surface area contributed by atoms with Crippen molar-refractivity contribution in [3.63, 3.8) is 0 Å². The zero-order valence-corrected chi connectivity index (χ0v) is 6.26. The minimum Gasteiger partial charge on any atom is -0.375 e. The SMILES string of the molecule is CCN(CO)N=C(C)C. The van der Waals surface area contributed by atoms with Crippen molar-refractivity contribution >= 4 is 5.71 Å². The fourth-order valence-corrected chi connectivity index (χ4v) is 0.485. The van der Waals surface area contributed by atoms with Gasteiger partial charge in [0.25, 0.3) is 0 Å². The third kappa shape index (κ3) is 3.97. The maximum absolute atomic E-state index is 8.59. The van der Waals surface area contributed by atoms with Crippen LogP contribution in [0.25, 0.3) is 0 Å². The van der Waals surface area contributed by atoms with Crippen LogP contribution in [0.4, 0.5) is 0 Å². The van der Waals surface area contributed by atoms with Gasteiger partial charge in [-0.2, -0.15) is 5.10 Å². The van der Waals surface area contributed by atoms with Gasteiger partial charge in [-0.25, -0.2) is 0 Å². The summed E-state index contributed by atoms with van der Waals surface area (Å²) in [7, 11) is 0. The fraction of sp³-hybridized carbons (Fsp3) is 0.833. The summed E-state index contributed by atoms with van der Waals surface area (Å²) in [5.41, 5.74) is 0.964. The molecule has 0 spiro atoms. The fourth-order valence-electron chi connectivity index (χ4n) is 0.485. The highest BCUT2D eigenvalue weighted by Gasteiger charge is 1.90. The molecule has 0 rings (SSSR count). The predicted octanol–water partition coefficient (Wildman–Crippen LogP) is 0.654. The van der Waals surface area contributed by atoms with Crippen LogP contribution < -0.4 is 0 Å². The zero-order chi connectivity index (χ0) is 7.28. The van der Waals surface area contributed by atoms with Crippen LogP contribution in [-0.4, -0.2) is 29.1 Å². The van der Waals surface area contributed by atoms with Crippen molar-refractivity contribution in [2.45, 2.75) is 20.8 Å². The van der Waals surface area contributed by atoms with Gasteiger partial charge in [-0.15, -0.1) is 0 Å². The van der Waals surface area contributed by atoms with Crippen molar-refractivity contribution < 1.29 is 5.11 Å². The quantitative estimate of drug-likeness (QED) is 0.346. The van der Waals surface area contributed by atoms with Crippen molar-refractivity contribution in [1.82, 2.24) is 5.01 Å². The Kier molecular flexibility index (Phi) is 4.05. The molecule has 0 aromatic heterocycles. The number of hydrazone groups is 1. The molecule has 0 atom stereocenters. The Balaban J connectivity index is 3.68.